The van der Waals surface area contributed by atoms with Gasteiger partial charge in [0.05, 0.1) is 14.2 Å². The number of hydrogen-bond donors (Lipinski definition) is 1. The number of guanidine groups is 1. The van der Waals surface area contributed by atoms with Crippen LogP contribution in [0.5, 0.6) is 11.5 Å². The highest BCUT2D eigenvalue weighted by atomic mass is 16.5. The van der Waals surface area contributed by atoms with E-state index in [1.807, 2.05) is 12.1 Å². The third kappa shape index (κ3) is 5.05. The van der Waals surface area contributed by atoms with E-state index < -0.39 is 0 Å². The highest BCUT2D eigenvalue weighted by Crippen LogP contribution is 2.27. The zero-order chi connectivity index (χ0) is 16.7. The molecule has 0 radical (unpaired) electrons. The third-order valence-corrected chi connectivity index (χ3v) is 4.33. The number of nitrogens with two attached hydrogens (primary N) is 1. The molecule has 5 heteroatoms. The van der Waals surface area contributed by atoms with Crippen LogP contribution >= 0.6 is 0 Å². The van der Waals surface area contributed by atoms with Crippen LogP contribution in [0.15, 0.2) is 23.2 Å². The van der Waals surface area contributed by atoms with E-state index in [9.17, 15) is 0 Å². The molecule has 1 unspecified atom stereocenters. The average Bonchev–Trinajstić information content (AvgIpc) is 2.58. The zero-order valence-electron chi connectivity index (χ0n) is 14.5. The number of methoxy groups -OCH3 is 2. The molecule has 128 valence electrons. The number of aliphatic imine (C=N–C) groups is 1. The van der Waals surface area contributed by atoms with Crippen LogP contribution in [-0.4, -0.2) is 44.7 Å². The zero-order valence-corrected chi connectivity index (χ0v) is 14.5. The van der Waals surface area contributed by atoms with E-state index in [1.165, 1.54) is 18.4 Å². The van der Waals surface area contributed by atoms with E-state index in [4.69, 9.17) is 15.2 Å². The van der Waals surface area contributed by atoms with Gasteiger partial charge in [0.15, 0.2) is 17.5 Å². The lowest BCUT2D eigenvalue weighted by molar-refractivity contribution is 0.270. The average molecular weight is 319 g/mol. The number of aryl methyl sites for hydroxylation is 1. The SMILES string of the molecule is COc1ccc(CCCN=C(N)N2CCCC(C)C2)cc1OC. The van der Waals surface area contributed by atoms with Gasteiger partial charge in [0, 0.05) is 19.6 Å². The molecule has 23 heavy (non-hydrogen) atoms. The molecule has 2 N–H and O–H groups in total. The maximum atomic E-state index is 6.11. The lowest BCUT2D eigenvalue weighted by Crippen LogP contribution is -2.43. The van der Waals surface area contributed by atoms with Gasteiger partial charge >= 0.3 is 0 Å². The summed E-state index contributed by atoms with van der Waals surface area (Å²) in [4.78, 5) is 6.75. The summed E-state index contributed by atoms with van der Waals surface area (Å²) in [6.07, 6.45) is 4.43. The minimum Gasteiger partial charge on any atom is -0.493 e. The molecule has 1 aliphatic heterocycles. The molecule has 1 saturated heterocycles. The maximum absolute atomic E-state index is 6.11. The Morgan fingerprint density at radius 3 is 2.78 bits per heavy atom. The topological polar surface area (TPSA) is 60.1 Å². The fraction of sp³-hybridized carbons (Fsp3) is 0.611. The van der Waals surface area contributed by atoms with Crippen molar-refractivity contribution >= 4 is 5.96 Å². The predicted octanol–water partition coefficient (Wildman–Crippen LogP) is 2.68. The quantitative estimate of drug-likeness (QED) is 0.497. The molecule has 1 aromatic rings. The Balaban J connectivity index is 1.81. The van der Waals surface area contributed by atoms with Gasteiger partial charge in [-0.2, -0.15) is 0 Å². The summed E-state index contributed by atoms with van der Waals surface area (Å²) >= 11 is 0. The summed E-state index contributed by atoms with van der Waals surface area (Å²) in [6, 6.07) is 6.04. The summed E-state index contributed by atoms with van der Waals surface area (Å²) in [5.74, 6) is 2.95. The summed E-state index contributed by atoms with van der Waals surface area (Å²) < 4.78 is 10.6. The van der Waals surface area contributed by atoms with Crippen molar-refractivity contribution in [3.05, 3.63) is 23.8 Å². The van der Waals surface area contributed by atoms with Gasteiger partial charge in [0.2, 0.25) is 0 Å². The molecular weight excluding hydrogens is 290 g/mol. The summed E-state index contributed by atoms with van der Waals surface area (Å²) in [6.45, 7) is 5.10. The lowest BCUT2D eigenvalue weighted by atomic mass is 10.0. The van der Waals surface area contributed by atoms with E-state index in [0.717, 1.165) is 44.0 Å². The van der Waals surface area contributed by atoms with Crippen LogP contribution in [-0.2, 0) is 6.42 Å². The van der Waals surface area contributed by atoms with E-state index in [-0.39, 0.29) is 0 Å². The van der Waals surface area contributed by atoms with Crippen LogP contribution in [0.4, 0.5) is 0 Å². The molecule has 1 aliphatic rings. The highest BCUT2D eigenvalue weighted by Gasteiger charge is 2.17. The van der Waals surface area contributed by atoms with Crippen molar-refractivity contribution in [3.8, 4) is 11.5 Å². The lowest BCUT2D eigenvalue weighted by Gasteiger charge is -2.31. The van der Waals surface area contributed by atoms with E-state index in [0.29, 0.717) is 11.9 Å². The van der Waals surface area contributed by atoms with Crippen molar-refractivity contribution in [2.75, 3.05) is 33.9 Å². The second-order valence-corrected chi connectivity index (χ2v) is 6.23. The molecule has 0 aromatic heterocycles. The number of likely N-dealkylation sites (tertiary alicyclic amines) is 1. The van der Waals surface area contributed by atoms with E-state index in [2.05, 4.69) is 22.9 Å². The van der Waals surface area contributed by atoms with Gasteiger partial charge in [-0.05, 0) is 49.3 Å². The second-order valence-electron chi connectivity index (χ2n) is 6.23. The van der Waals surface area contributed by atoms with Gasteiger partial charge in [-0.15, -0.1) is 0 Å². The molecule has 1 heterocycles. The third-order valence-electron chi connectivity index (χ3n) is 4.33. The minimum atomic E-state index is 0.698. The van der Waals surface area contributed by atoms with Crippen molar-refractivity contribution in [3.63, 3.8) is 0 Å². The molecule has 1 aromatic carbocycles. The van der Waals surface area contributed by atoms with Gasteiger partial charge in [-0.3, -0.25) is 4.99 Å². The van der Waals surface area contributed by atoms with Crippen LogP contribution in [0.25, 0.3) is 0 Å². The monoisotopic (exact) mass is 319 g/mol. The number of nitrogens with zero attached hydrogens (tertiary/aromatic N) is 2. The molecule has 1 atom stereocenters. The first-order valence-electron chi connectivity index (χ1n) is 8.39. The number of rotatable bonds is 6. The molecule has 5 nitrogen and oxygen atoms in total. The first-order valence-corrected chi connectivity index (χ1v) is 8.39. The van der Waals surface area contributed by atoms with Crippen LogP contribution in [0.2, 0.25) is 0 Å². The van der Waals surface area contributed by atoms with Crippen LogP contribution < -0.4 is 15.2 Å². The molecule has 1 fully saturated rings. The molecule has 0 spiro atoms. The van der Waals surface area contributed by atoms with Crippen LogP contribution in [0.3, 0.4) is 0 Å². The second kappa shape index (κ2) is 8.65. The Kier molecular flexibility index (Phi) is 6.56. The highest BCUT2D eigenvalue weighted by molar-refractivity contribution is 5.78. The van der Waals surface area contributed by atoms with Gasteiger partial charge < -0.3 is 20.1 Å². The van der Waals surface area contributed by atoms with Gasteiger partial charge in [-0.1, -0.05) is 13.0 Å². The molecule has 0 saturated carbocycles. The number of piperidine rings is 1. The van der Waals surface area contributed by atoms with E-state index >= 15 is 0 Å². The summed E-state index contributed by atoms with van der Waals surface area (Å²) in [5.41, 5.74) is 7.34. The largest absolute Gasteiger partial charge is 0.493 e. The Bertz CT molecular complexity index is 531. The van der Waals surface area contributed by atoms with Crippen molar-refractivity contribution in [2.45, 2.75) is 32.6 Å². The van der Waals surface area contributed by atoms with E-state index in [1.54, 1.807) is 14.2 Å². The number of ether oxygens (including phenoxy) is 2. The van der Waals surface area contributed by atoms with Gasteiger partial charge in [0.1, 0.15) is 0 Å². The Hall–Kier alpha value is -1.91. The Morgan fingerprint density at radius 2 is 2.09 bits per heavy atom. The molecule has 0 aliphatic carbocycles. The molecule has 2 rings (SSSR count). The normalized spacial score (nSPS) is 18.8. The van der Waals surface area contributed by atoms with Crippen LogP contribution in [0, 0.1) is 5.92 Å². The molecular formula is C18H29N3O2. The first-order chi connectivity index (χ1) is 11.1. The summed E-state index contributed by atoms with van der Waals surface area (Å²) in [5, 5.41) is 0. The standard InChI is InChI=1S/C18H29N3O2/c1-14-6-5-11-21(13-14)18(19)20-10-4-7-15-8-9-16(22-2)17(12-15)23-3/h8-9,12,14H,4-7,10-11,13H2,1-3H3,(H2,19,20). The summed E-state index contributed by atoms with van der Waals surface area (Å²) in [7, 11) is 3.31. The Labute approximate surface area is 139 Å². The number of hydrogen-bond acceptors (Lipinski definition) is 3. The molecule has 0 bridgehead atoms. The van der Waals surface area contributed by atoms with Crippen molar-refractivity contribution < 1.29 is 9.47 Å². The molecule has 0 amide bonds. The minimum absolute atomic E-state index is 0.698. The fourth-order valence-electron chi connectivity index (χ4n) is 3.01. The Morgan fingerprint density at radius 1 is 1.30 bits per heavy atom. The smallest absolute Gasteiger partial charge is 0.191 e. The van der Waals surface area contributed by atoms with Gasteiger partial charge in [-0.25, -0.2) is 0 Å². The van der Waals surface area contributed by atoms with Crippen LogP contribution in [0.1, 0.15) is 31.7 Å². The van der Waals surface area contributed by atoms with Crippen molar-refractivity contribution in [1.29, 1.82) is 0 Å². The number of benzene rings is 1. The van der Waals surface area contributed by atoms with Gasteiger partial charge in [0.25, 0.3) is 0 Å². The fourth-order valence-corrected chi connectivity index (χ4v) is 3.01. The predicted molar refractivity (Wildman–Crippen MR) is 94.3 cm³/mol. The van der Waals surface area contributed by atoms with Crippen molar-refractivity contribution in [2.24, 2.45) is 16.6 Å². The van der Waals surface area contributed by atoms with Crippen molar-refractivity contribution in [1.82, 2.24) is 4.90 Å². The first kappa shape index (κ1) is 17.4. The maximum Gasteiger partial charge on any atom is 0.191 e.